The first kappa shape index (κ1) is 35.9. The number of thioether (sulfide) groups is 1. The van der Waals surface area contributed by atoms with E-state index < -0.39 is 0 Å². The molecular weight excluding hydrogens is 649 g/mol. The van der Waals surface area contributed by atoms with E-state index in [2.05, 4.69) is 39.0 Å². The number of para-hydroxylation sites is 1. The minimum Gasteiger partial charge on any atom is -0.368 e. The Labute approximate surface area is 286 Å². The highest BCUT2D eigenvalue weighted by Gasteiger charge is 2.19. The number of pyridine rings is 1. The Balaban J connectivity index is 0.00000184. The van der Waals surface area contributed by atoms with E-state index in [1.54, 1.807) is 17.8 Å². The van der Waals surface area contributed by atoms with Crippen molar-refractivity contribution in [2.24, 2.45) is 7.05 Å². The normalized spacial score (nSPS) is 12.6. The maximum Gasteiger partial charge on any atom is 0.262 e. The highest BCUT2D eigenvalue weighted by Crippen LogP contribution is 2.24. The fourth-order valence-electron chi connectivity index (χ4n) is 5.39. The fraction of sp³-hybridized carbons (Fsp3) is 0.235. The SMILES string of the molecule is CCc1cccc2nc(SCc3ccc(C(=O)c4ccc(N5CCN(c6ccccc6)CC5)nc4)cc3)n(C)c(=O)c12.Cl.Cl.Cl. The van der Waals surface area contributed by atoms with Gasteiger partial charge in [0, 0.05) is 62.0 Å². The number of piperazine rings is 1. The third-order valence-corrected chi connectivity index (χ3v) is 8.95. The second-order valence-electron chi connectivity index (χ2n) is 10.5. The van der Waals surface area contributed by atoms with Crippen molar-refractivity contribution < 1.29 is 4.79 Å². The minimum atomic E-state index is -0.0486. The molecule has 3 aromatic carbocycles. The molecule has 0 unspecified atom stereocenters. The summed E-state index contributed by atoms with van der Waals surface area (Å²) in [7, 11) is 1.77. The second kappa shape index (κ2) is 16.1. The molecule has 1 saturated heterocycles. The average molecular weight is 685 g/mol. The smallest absolute Gasteiger partial charge is 0.262 e. The van der Waals surface area contributed by atoms with Crippen LogP contribution in [0.15, 0.2) is 101 Å². The van der Waals surface area contributed by atoms with Gasteiger partial charge in [-0.3, -0.25) is 14.2 Å². The summed E-state index contributed by atoms with van der Waals surface area (Å²) < 4.78 is 1.63. The number of benzene rings is 3. The highest BCUT2D eigenvalue weighted by molar-refractivity contribution is 7.98. The molecule has 2 aromatic heterocycles. The number of carbonyl (C=O) groups excluding carboxylic acids is 1. The zero-order valence-corrected chi connectivity index (χ0v) is 28.4. The topological polar surface area (TPSA) is 71.3 Å². The zero-order valence-electron chi connectivity index (χ0n) is 25.1. The highest BCUT2D eigenvalue weighted by atomic mass is 35.5. The molecule has 0 amide bonds. The molecule has 5 aromatic rings. The summed E-state index contributed by atoms with van der Waals surface area (Å²) in [5.41, 5.74) is 5.23. The second-order valence-corrected chi connectivity index (χ2v) is 11.4. The molecule has 6 rings (SSSR count). The Kier molecular flexibility index (Phi) is 12.9. The molecule has 0 aliphatic carbocycles. The van der Waals surface area contributed by atoms with Crippen molar-refractivity contribution in [1.29, 1.82) is 0 Å². The average Bonchev–Trinajstić information content (AvgIpc) is 3.06. The Morgan fingerprint density at radius 1 is 0.800 bits per heavy atom. The predicted molar refractivity (Wildman–Crippen MR) is 193 cm³/mol. The van der Waals surface area contributed by atoms with Crippen LogP contribution in [0.1, 0.15) is 34.0 Å². The zero-order chi connectivity index (χ0) is 29.1. The molecule has 11 heteroatoms. The molecule has 45 heavy (non-hydrogen) atoms. The van der Waals surface area contributed by atoms with Crippen molar-refractivity contribution in [1.82, 2.24) is 14.5 Å². The number of rotatable bonds is 8. The van der Waals surface area contributed by atoms with Gasteiger partial charge in [-0.25, -0.2) is 9.97 Å². The summed E-state index contributed by atoms with van der Waals surface area (Å²) in [6, 6.07) is 27.8. The monoisotopic (exact) mass is 683 g/mol. The van der Waals surface area contributed by atoms with Gasteiger partial charge in [-0.2, -0.15) is 0 Å². The molecule has 236 valence electrons. The van der Waals surface area contributed by atoms with E-state index in [0.717, 1.165) is 55.1 Å². The predicted octanol–water partition coefficient (Wildman–Crippen LogP) is 7.01. The largest absolute Gasteiger partial charge is 0.368 e. The van der Waals surface area contributed by atoms with E-state index in [4.69, 9.17) is 4.98 Å². The van der Waals surface area contributed by atoms with Crippen molar-refractivity contribution >= 4 is 77.2 Å². The van der Waals surface area contributed by atoms with Crippen LogP contribution in [0.3, 0.4) is 0 Å². The third kappa shape index (κ3) is 7.82. The molecule has 1 fully saturated rings. The summed E-state index contributed by atoms with van der Waals surface area (Å²) >= 11 is 1.52. The van der Waals surface area contributed by atoms with E-state index in [-0.39, 0.29) is 48.6 Å². The van der Waals surface area contributed by atoms with Crippen LogP contribution >= 0.6 is 49.0 Å². The first-order valence-electron chi connectivity index (χ1n) is 14.3. The Morgan fingerprint density at radius 3 is 2.11 bits per heavy atom. The summed E-state index contributed by atoms with van der Waals surface area (Å²) in [6.45, 7) is 5.69. The van der Waals surface area contributed by atoms with E-state index in [1.165, 1.54) is 17.4 Å². The van der Waals surface area contributed by atoms with E-state index >= 15 is 0 Å². The number of hydrogen-bond acceptors (Lipinski definition) is 7. The molecule has 0 saturated carbocycles. The van der Waals surface area contributed by atoms with Crippen molar-refractivity contribution in [3.8, 4) is 0 Å². The quantitative estimate of drug-likeness (QED) is 0.0990. The Bertz CT molecular complexity index is 1780. The summed E-state index contributed by atoms with van der Waals surface area (Å²) in [4.78, 5) is 40.2. The number of fused-ring (bicyclic) bond motifs is 1. The Morgan fingerprint density at radius 2 is 1.47 bits per heavy atom. The Hall–Kier alpha value is -3.56. The number of aryl methyl sites for hydroxylation is 1. The van der Waals surface area contributed by atoms with Crippen LogP contribution in [0.25, 0.3) is 10.9 Å². The molecule has 1 aliphatic rings. The van der Waals surface area contributed by atoms with Crippen molar-refractivity contribution in [3.05, 3.63) is 124 Å². The van der Waals surface area contributed by atoms with Gasteiger partial charge in [0.15, 0.2) is 10.9 Å². The van der Waals surface area contributed by atoms with Gasteiger partial charge in [0.25, 0.3) is 5.56 Å². The summed E-state index contributed by atoms with van der Waals surface area (Å²) in [5.74, 6) is 1.49. The van der Waals surface area contributed by atoms with Gasteiger partial charge in [-0.05, 0) is 47.9 Å². The molecule has 0 radical (unpaired) electrons. The summed E-state index contributed by atoms with van der Waals surface area (Å²) in [6.07, 6.45) is 2.47. The maximum atomic E-state index is 13.2. The first-order valence-corrected chi connectivity index (χ1v) is 15.3. The lowest BCUT2D eigenvalue weighted by molar-refractivity contribution is 0.103. The molecule has 0 N–H and O–H groups in total. The molecule has 3 heterocycles. The molecule has 0 spiro atoms. The molecular formula is C34H36Cl3N5O2S. The van der Waals surface area contributed by atoms with Crippen LogP contribution in [-0.4, -0.2) is 46.5 Å². The lowest BCUT2D eigenvalue weighted by Crippen LogP contribution is -2.46. The van der Waals surface area contributed by atoms with Gasteiger partial charge >= 0.3 is 0 Å². The van der Waals surface area contributed by atoms with Crippen LogP contribution < -0.4 is 15.4 Å². The van der Waals surface area contributed by atoms with Gasteiger partial charge in [-0.15, -0.1) is 37.2 Å². The van der Waals surface area contributed by atoms with Crippen LogP contribution in [0.4, 0.5) is 11.5 Å². The number of carbonyl (C=O) groups is 1. The van der Waals surface area contributed by atoms with Crippen LogP contribution in [0.5, 0.6) is 0 Å². The van der Waals surface area contributed by atoms with Crippen LogP contribution in [-0.2, 0) is 19.2 Å². The molecule has 1 aliphatic heterocycles. The minimum absolute atomic E-state index is 0. The number of anilines is 2. The lowest BCUT2D eigenvalue weighted by atomic mass is 10.0. The van der Waals surface area contributed by atoms with E-state index in [0.29, 0.717) is 27.4 Å². The van der Waals surface area contributed by atoms with E-state index in [9.17, 15) is 9.59 Å². The van der Waals surface area contributed by atoms with Gasteiger partial charge in [0.05, 0.1) is 10.9 Å². The molecule has 0 bridgehead atoms. The fourth-order valence-corrected chi connectivity index (χ4v) is 6.32. The standard InChI is InChI=1S/C34H33N5O2S.3ClH/c1-3-25-8-7-11-29-31(25)33(41)37(2)34(36-29)42-23-24-12-14-26(15-13-24)32(40)27-16-17-30(35-22-27)39-20-18-38(19-21-39)28-9-5-4-6-10-28;;;/h4-17,22H,3,18-21,23H2,1-2H3;3*1H. The van der Waals surface area contributed by atoms with Gasteiger partial charge in [0.1, 0.15) is 5.82 Å². The van der Waals surface area contributed by atoms with Crippen molar-refractivity contribution in [2.45, 2.75) is 24.3 Å². The molecule has 0 atom stereocenters. The number of nitrogens with zero attached hydrogens (tertiary/aromatic N) is 5. The van der Waals surface area contributed by atoms with Crippen molar-refractivity contribution in [3.63, 3.8) is 0 Å². The number of aromatic nitrogens is 3. The maximum absolute atomic E-state index is 13.2. The van der Waals surface area contributed by atoms with Crippen molar-refractivity contribution in [2.75, 3.05) is 36.0 Å². The van der Waals surface area contributed by atoms with Gasteiger partial charge in [-0.1, -0.05) is 73.3 Å². The third-order valence-electron chi connectivity index (χ3n) is 7.85. The summed E-state index contributed by atoms with van der Waals surface area (Å²) in [5, 5.41) is 1.37. The van der Waals surface area contributed by atoms with Crippen LogP contribution in [0.2, 0.25) is 0 Å². The van der Waals surface area contributed by atoms with E-state index in [1.807, 2.05) is 67.6 Å². The van der Waals surface area contributed by atoms with Crippen LogP contribution in [0, 0.1) is 0 Å². The lowest BCUT2D eigenvalue weighted by Gasteiger charge is -2.36. The van der Waals surface area contributed by atoms with Gasteiger partial charge in [0.2, 0.25) is 0 Å². The first-order chi connectivity index (χ1) is 20.5. The number of hydrogen-bond donors (Lipinski definition) is 0. The number of halogens is 3. The molecule has 7 nitrogen and oxygen atoms in total. The van der Waals surface area contributed by atoms with Gasteiger partial charge < -0.3 is 9.80 Å². The number of ketones is 1.